The van der Waals surface area contributed by atoms with E-state index < -0.39 is 0 Å². The molecular formula is C19H24N3O+. The number of nitrogens with one attached hydrogen (secondary N) is 2. The Morgan fingerprint density at radius 2 is 1.70 bits per heavy atom. The molecule has 0 saturated heterocycles. The second-order valence-electron chi connectivity index (χ2n) is 6.14. The Morgan fingerprint density at radius 3 is 2.39 bits per heavy atom. The molecule has 1 aromatic heterocycles. The number of hydrogen-bond donors (Lipinski definition) is 2. The quantitative estimate of drug-likeness (QED) is 0.659. The lowest BCUT2D eigenvalue weighted by molar-refractivity contribution is -0.702. The lowest BCUT2D eigenvalue weighted by Gasteiger charge is -2.22. The smallest absolute Gasteiger partial charge is 0.265 e. The molecule has 2 N–H and O–H groups in total. The van der Waals surface area contributed by atoms with E-state index in [2.05, 4.69) is 23.0 Å². The molecule has 0 atom stereocenters. The zero-order valence-corrected chi connectivity index (χ0v) is 13.4. The van der Waals surface area contributed by atoms with Crippen LogP contribution in [-0.4, -0.2) is 5.91 Å². The van der Waals surface area contributed by atoms with Crippen molar-refractivity contribution in [2.45, 2.75) is 44.7 Å². The van der Waals surface area contributed by atoms with Crippen molar-refractivity contribution in [1.82, 2.24) is 10.9 Å². The van der Waals surface area contributed by atoms with Gasteiger partial charge in [-0.1, -0.05) is 37.5 Å². The fraction of sp³-hybridized carbons (Fsp3) is 0.368. The molecule has 23 heavy (non-hydrogen) atoms. The van der Waals surface area contributed by atoms with Crippen molar-refractivity contribution in [2.24, 2.45) is 0 Å². The highest BCUT2D eigenvalue weighted by Gasteiger charge is 2.15. The van der Waals surface area contributed by atoms with Crippen LogP contribution >= 0.6 is 0 Å². The molecule has 1 amide bonds. The molecule has 4 nitrogen and oxygen atoms in total. The molecule has 0 unspecified atom stereocenters. The fourth-order valence-electron chi connectivity index (χ4n) is 3.17. The minimum Gasteiger partial charge on any atom is -0.282 e. The first-order valence-corrected chi connectivity index (χ1v) is 8.40. The summed E-state index contributed by atoms with van der Waals surface area (Å²) in [5.41, 5.74) is 7.74. The number of rotatable bonds is 5. The van der Waals surface area contributed by atoms with E-state index in [0.29, 0.717) is 18.2 Å². The molecule has 0 radical (unpaired) electrons. The van der Waals surface area contributed by atoms with Gasteiger partial charge in [0.25, 0.3) is 5.91 Å². The van der Waals surface area contributed by atoms with Crippen molar-refractivity contribution < 1.29 is 9.36 Å². The van der Waals surface area contributed by atoms with Crippen LogP contribution < -0.4 is 15.4 Å². The van der Waals surface area contributed by atoms with Gasteiger partial charge in [-0.3, -0.25) is 10.2 Å². The van der Waals surface area contributed by atoms with Gasteiger partial charge in [-0.25, -0.2) is 0 Å². The molecule has 1 aliphatic rings. The van der Waals surface area contributed by atoms with Gasteiger partial charge in [0.15, 0.2) is 12.4 Å². The molecule has 0 bridgehead atoms. The summed E-state index contributed by atoms with van der Waals surface area (Å²) in [6.07, 6.45) is 10.5. The van der Waals surface area contributed by atoms with Crippen molar-refractivity contribution >= 4 is 5.91 Å². The number of nitrogens with zero attached hydrogens (tertiary/aromatic N) is 1. The topological polar surface area (TPSA) is 45.0 Å². The van der Waals surface area contributed by atoms with Gasteiger partial charge >= 0.3 is 0 Å². The number of amides is 1. The van der Waals surface area contributed by atoms with Crippen LogP contribution in [0.1, 0.15) is 53.9 Å². The SMILES string of the molecule is O=C(NNC[n+]1ccccc1)c1ccc(C2CCCCC2)cc1. The van der Waals surface area contributed by atoms with E-state index in [-0.39, 0.29) is 5.91 Å². The number of carbonyl (C=O) groups excluding carboxylic acids is 1. The standard InChI is InChI=1S/C19H23N3O/c23-19(21-20-15-22-13-5-2-6-14-22)18-11-9-17(10-12-18)16-7-3-1-4-8-16/h2,5-6,9-14,16,20H,1,3-4,7-8,15H2/p+1. The zero-order valence-electron chi connectivity index (χ0n) is 13.4. The van der Waals surface area contributed by atoms with Crippen molar-refractivity contribution in [3.8, 4) is 0 Å². The number of benzene rings is 1. The Kier molecular flexibility index (Phi) is 5.37. The Bertz CT molecular complexity index is 619. The number of carbonyl (C=O) groups is 1. The third-order valence-corrected chi connectivity index (χ3v) is 4.49. The van der Waals surface area contributed by atoms with Gasteiger partial charge in [-0.05, 0) is 36.5 Å². The van der Waals surface area contributed by atoms with Gasteiger partial charge in [-0.15, -0.1) is 0 Å². The normalized spacial score (nSPS) is 15.3. The Labute approximate surface area is 137 Å². The summed E-state index contributed by atoms with van der Waals surface area (Å²) < 4.78 is 1.95. The average molecular weight is 310 g/mol. The van der Waals surface area contributed by atoms with Crippen LogP contribution in [0.4, 0.5) is 0 Å². The lowest BCUT2D eigenvalue weighted by Crippen LogP contribution is -2.48. The van der Waals surface area contributed by atoms with Crippen molar-refractivity contribution in [1.29, 1.82) is 0 Å². The van der Waals surface area contributed by atoms with E-state index in [4.69, 9.17) is 0 Å². The highest BCUT2D eigenvalue weighted by atomic mass is 16.2. The molecule has 2 aromatic rings. The van der Waals surface area contributed by atoms with Gasteiger partial charge in [0, 0.05) is 17.7 Å². The monoisotopic (exact) mass is 310 g/mol. The first-order chi connectivity index (χ1) is 11.3. The van der Waals surface area contributed by atoms with E-state index in [1.165, 1.54) is 37.7 Å². The van der Waals surface area contributed by atoms with Crippen molar-refractivity contribution in [2.75, 3.05) is 0 Å². The Morgan fingerprint density at radius 1 is 1.00 bits per heavy atom. The highest BCUT2D eigenvalue weighted by molar-refractivity contribution is 5.93. The van der Waals surface area contributed by atoms with Crippen molar-refractivity contribution in [3.63, 3.8) is 0 Å². The summed E-state index contributed by atoms with van der Waals surface area (Å²) in [6.45, 7) is 0.534. The Balaban J connectivity index is 1.51. The van der Waals surface area contributed by atoms with E-state index in [0.717, 1.165) is 0 Å². The van der Waals surface area contributed by atoms with Crippen LogP contribution in [0.2, 0.25) is 0 Å². The third-order valence-electron chi connectivity index (χ3n) is 4.49. The number of hydrogen-bond acceptors (Lipinski definition) is 2. The van der Waals surface area contributed by atoms with Crippen LogP contribution in [0, 0.1) is 0 Å². The summed E-state index contributed by atoms with van der Waals surface area (Å²) in [4.78, 5) is 12.1. The maximum absolute atomic E-state index is 12.1. The van der Waals surface area contributed by atoms with E-state index in [1.54, 1.807) is 0 Å². The molecule has 1 aliphatic carbocycles. The second-order valence-corrected chi connectivity index (χ2v) is 6.14. The molecule has 3 rings (SSSR count). The highest BCUT2D eigenvalue weighted by Crippen LogP contribution is 2.32. The maximum Gasteiger partial charge on any atom is 0.265 e. The molecular weight excluding hydrogens is 286 g/mol. The van der Waals surface area contributed by atoms with E-state index in [9.17, 15) is 4.79 Å². The van der Waals surface area contributed by atoms with Crippen LogP contribution in [0.25, 0.3) is 0 Å². The summed E-state index contributed by atoms with van der Waals surface area (Å²) in [6, 6.07) is 13.9. The lowest BCUT2D eigenvalue weighted by atomic mass is 9.84. The molecule has 1 fully saturated rings. The van der Waals surface area contributed by atoms with Gasteiger partial charge in [0.2, 0.25) is 6.67 Å². The van der Waals surface area contributed by atoms with Crippen LogP contribution in [0.3, 0.4) is 0 Å². The first kappa shape index (κ1) is 15.7. The summed E-state index contributed by atoms with van der Waals surface area (Å²) in [7, 11) is 0. The van der Waals surface area contributed by atoms with Crippen LogP contribution in [0.5, 0.6) is 0 Å². The molecule has 0 spiro atoms. The minimum atomic E-state index is -0.100. The third kappa shape index (κ3) is 4.39. The molecule has 0 aliphatic heterocycles. The predicted octanol–water partition coefficient (Wildman–Crippen LogP) is 2.91. The average Bonchev–Trinajstić information content (AvgIpc) is 2.63. The summed E-state index contributed by atoms with van der Waals surface area (Å²) in [5.74, 6) is 0.574. The minimum absolute atomic E-state index is 0.100. The zero-order chi connectivity index (χ0) is 15.9. The summed E-state index contributed by atoms with van der Waals surface area (Å²) in [5, 5.41) is 0. The van der Waals surface area contributed by atoms with Crippen LogP contribution in [0.15, 0.2) is 54.9 Å². The van der Waals surface area contributed by atoms with E-state index in [1.807, 2.05) is 47.3 Å². The largest absolute Gasteiger partial charge is 0.282 e. The summed E-state index contributed by atoms with van der Waals surface area (Å²) >= 11 is 0. The van der Waals surface area contributed by atoms with Gasteiger partial charge in [0.05, 0.1) is 0 Å². The van der Waals surface area contributed by atoms with Crippen LogP contribution in [-0.2, 0) is 6.67 Å². The predicted molar refractivity (Wildman–Crippen MR) is 89.5 cm³/mol. The first-order valence-electron chi connectivity index (χ1n) is 8.40. The van der Waals surface area contributed by atoms with E-state index >= 15 is 0 Å². The molecule has 1 aromatic carbocycles. The van der Waals surface area contributed by atoms with Crippen molar-refractivity contribution in [3.05, 3.63) is 66.0 Å². The molecule has 4 heteroatoms. The maximum atomic E-state index is 12.1. The molecule has 1 saturated carbocycles. The second kappa shape index (κ2) is 7.88. The number of hydrazine groups is 1. The fourth-order valence-corrected chi connectivity index (χ4v) is 3.17. The number of pyridine rings is 1. The van der Waals surface area contributed by atoms with Gasteiger partial charge in [-0.2, -0.15) is 9.99 Å². The van der Waals surface area contributed by atoms with Gasteiger partial charge < -0.3 is 0 Å². The molecule has 120 valence electrons. The number of aromatic nitrogens is 1. The van der Waals surface area contributed by atoms with Gasteiger partial charge in [0.1, 0.15) is 0 Å². The Hall–Kier alpha value is -2.20. The molecule has 1 heterocycles.